The summed E-state index contributed by atoms with van der Waals surface area (Å²) in [5.41, 5.74) is 3.36. The molecule has 0 aromatic heterocycles. The van der Waals surface area contributed by atoms with Crippen LogP contribution in [0.15, 0.2) is 36.4 Å². The van der Waals surface area contributed by atoms with Crippen LogP contribution in [0, 0.1) is 11.8 Å². The Morgan fingerprint density at radius 2 is 1.92 bits per heavy atom. The molecule has 0 spiro atoms. The zero-order chi connectivity index (χ0) is 17.5. The van der Waals surface area contributed by atoms with Crippen molar-refractivity contribution in [3.05, 3.63) is 42.0 Å². The van der Waals surface area contributed by atoms with Gasteiger partial charge in [-0.3, -0.25) is 25.2 Å². The molecule has 4 unspecified atom stereocenters. The number of ether oxygens (including phenoxy) is 1. The van der Waals surface area contributed by atoms with Gasteiger partial charge < -0.3 is 14.9 Å². The Morgan fingerprint density at radius 1 is 1.21 bits per heavy atom. The predicted octanol–water partition coefficient (Wildman–Crippen LogP) is 0.197. The van der Waals surface area contributed by atoms with Crippen molar-refractivity contribution in [3.8, 4) is 5.75 Å². The molecule has 1 fully saturated rings. The molecule has 0 saturated carbocycles. The molecule has 24 heavy (non-hydrogen) atoms. The number of aliphatic carboxylic acids is 1. The monoisotopic (exact) mass is 332 g/mol. The topological polar surface area (TPSA) is 125 Å². The lowest BCUT2D eigenvalue weighted by molar-refractivity contribution is -0.147. The maximum absolute atomic E-state index is 12.4. The van der Waals surface area contributed by atoms with Crippen LogP contribution < -0.4 is 10.9 Å². The summed E-state index contributed by atoms with van der Waals surface area (Å²) < 4.78 is 5.57. The standard InChI is InChI=1S/C16H16N2O6/c1-16-7-6-10(24-16)11(15(22)23)12(16)14(21)18-17-13(20)8-4-2-3-5-9(8)19/h2-7,10-12,19H,1H3,(H,17,20)(H,18,21)(H,22,23). The highest BCUT2D eigenvalue weighted by Gasteiger charge is 2.59. The number of rotatable bonds is 3. The molecule has 3 rings (SSSR count). The molecular weight excluding hydrogens is 316 g/mol. The minimum Gasteiger partial charge on any atom is -0.507 e. The fraction of sp³-hybridized carbons (Fsp3) is 0.312. The van der Waals surface area contributed by atoms with Gasteiger partial charge in [0, 0.05) is 0 Å². The van der Waals surface area contributed by atoms with E-state index in [0.717, 1.165) is 0 Å². The Balaban J connectivity index is 1.71. The van der Waals surface area contributed by atoms with E-state index < -0.39 is 41.3 Å². The molecule has 1 aromatic carbocycles. The smallest absolute Gasteiger partial charge is 0.310 e. The van der Waals surface area contributed by atoms with Crippen molar-refractivity contribution < 1.29 is 29.3 Å². The second kappa shape index (κ2) is 5.64. The van der Waals surface area contributed by atoms with Crippen LogP contribution in [0.4, 0.5) is 0 Å². The van der Waals surface area contributed by atoms with E-state index in [1.165, 1.54) is 12.1 Å². The second-order valence-electron chi connectivity index (χ2n) is 5.93. The molecule has 0 aliphatic carbocycles. The fourth-order valence-electron chi connectivity index (χ4n) is 3.21. The number of amides is 2. The molecule has 2 aliphatic rings. The first-order valence-electron chi connectivity index (χ1n) is 7.31. The Kier molecular flexibility index (Phi) is 3.76. The lowest BCUT2D eigenvalue weighted by Crippen LogP contribution is -2.52. The molecule has 2 aliphatic heterocycles. The molecule has 8 heteroatoms. The molecule has 4 atom stereocenters. The minimum atomic E-state index is -1.14. The SMILES string of the molecule is CC12C=CC(O1)C(C(=O)O)C2C(=O)NNC(=O)c1ccccc1O. The molecule has 1 aromatic rings. The van der Waals surface area contributed by atoms with Crippen LogP contribution in [0.5, 0.6) is 5.75 Å². The van der Waals surface area contributed by atoms with Crippen molar-refractivity contribution >= 4 is 17.8 Å². The molecule has 2 amide bonds. The number of carbonyl (C=O) groups is 3. The number of para-hydroxylation sites is 1. The quantitative estimate of drug-likeness (QED) is 0.463. The number of carboxylic acids is 1. The summed E-state index contributed by atoms with van der Waals surface area (Å²) >= 11 is 0. The van der Waals surface area contributed by atoms with Gasteiger partial charge in [-0.15, -0.1) is 0 Å². The second-order valence-corrected chi connectivity index (χ2v) is 5.93. The first-order chi connectivity index (χ1) is 11.3. The number of fused-ring (bicyclic) bond motifs is 2. The van der Waals surface area contributed by atoms with E-state index in [9.17, 15) is 24.6 Å². The van der Waals surface area contributed by atoms with E-state index in [1.807, 2.05) is 0 Å². The summed E-state index contributed by atoms with van der Waals surface area (Å²) in [6.45, 7) is 1.63. The number of nitrogens with one attached hydrogen (secondary N) is 2. The largest absolute Gasteiger partial charge is 0.507 e. The van der Waals surface area contributed by atoms with Crippen molar-refractivity contribution in [3.63, 3.8) is 0 Å². The van der Waals surface area contributed by atoms with Crippen LogP contribution in [-0.2, 0) is 14.3 Å². The van der Waals surface area contributed by atoms with Crippen LogP contribution in [0.2, 0.25) is 0 Å². The summed E-state index contributed by atoms with van der Waals surface area (Å²) in [7, 11) is 0. The van der Waals surface area contributed by atoms with E-state index >= 15 is 0 Å². The molecule has 2 bridgehead atoms. The van der Waals surface area contributed by atoms with E-state index in [2.05, 4.69) is 10.9 Å². The van der Waals surface area contributed by atoms with Gasteiger partial charge in [-0.1, -0.05) is 24.3 Å². The minimum absolute atomic E-state index is 0.0112. The van der Waals surface area contributed by atoms with E-state index in [4.69, 9.17) is 4.74 Å². The van der Waals surface area contributed by atoms with Crippen LogP contribution >= 0.6 is 0 Å². The number of phenolic OH excluding ortho intramolecular Hbond substituents is 1. The molecule has 0 radical (unpaired) electrons. The third kappa shape index (κ3) is 2.50. The molecule has 1 saturated heterocycles. The van der Waals surface area contributed by atoms with Gasteiger partial charge in [0.1, 0.15) is 11.7 Å². The highest BCUT2D eigenvalue weighted by Crippen LogP contribution is 2.46. The Bertz CT molecular complexity index is 746. The van der Waals surface area contributed by atoms with Crippen LogP contribution in [0.1, 0.15) is 17.3 Å². The number of aromatic hydroxyl groups is 1. The Labute approximate surface area is 137 Å². The van der Waals surface area contributed by atoms with Crippen LogP contribution in [-0.4, -0.2) is 39.7 Å². The zero-order valence-corrected chi connectivity index (χ0v) is 12.7. The summed E-state index contributed by atoms with van der Waals surface area (Å²) in [6, 6.07) is 5.85. The summed E-state index contributed by atoms with van der Waals surface area (Å²) in [5.74, 6) is -4.75. The zero-order valence-electron chi connectivity index (χ0n) is 12.7. The van der Waals surface area contributed by atoms with Gasteiger partial charge in [-0.05, 0) is 19.1 Å². The van der Waals surface area contributed by atoms with Gasteiger partial charge >= 0.3 is 5.97 Å². The third-order valence-electron chi connectivity index (χ3n) is 4.35. The van der Waals surface area contributed by atoms with Crippen molar-refractivity contribution in [2.75, 3.05) is 0 Å². The lowest BCUT2D eigenvalue weighted by atomic mass is 9.76. The summed E-state index contributed by atoms with van der Waals surface area (Å²) in [4.78, 5) is 35.8. The Hall–Kier alpha value is -2.87. The van der Waals surface area contributed by atoms with Gasteiger partial charge in [-0.2, -0.15) is 0 Å². The van der Waals surface area contributed by atoms with Crippen molar-refractivity contribution in [2.24, 2.45) is 11.8 Å². The maximum Gasteiger partial charge on any atom is 0.310 e. The molecule has 4 N–H and O–H groups in total. The number of phenols is 1. The number of benzene rings is 1. The number of hydrogen-bond acceptors (Lipinski definition) is 5. The van der Waals surface area contributed by atoms with Crippen molar-refractivity contribution in [1.29, 1.82) is 0 Å². The number of carbonyl (C=O) groups excluding carboxylic acids is 2. The van der Waals surface area contributed by atoms with Crippen LogP contribution in [0.25, 0.3) is 0 Å². The van der Waals surface area contributed by atoms with E-state index in [0.29, 0.717) is 0 Å². The van der Waals surface area contributed by atoms with Gasteiger partial charge in [0.15, 0.2) is 0 Å². The van der Waals surface area contributed by atoms with Crippen molar-refractivity contribution in [2.45, 2.75) is 18.6 Å². The van der Waals surface area contributed by atoms with Gasteiger partial charge in [0.2, 0.25) is 5.91 Å². The summed E-state index contributed by atoms with van der Waals surface area (Å²) in [5, 5.41) is 19.0. The average molecular weight is 332 g/mol. The lowest BCUT2D eigenvalue weighted by Gasteiger charge is -2.27. The first-order valence-corrected chi connectivity index (χ1v) is 7.31. The van der Waals surface area contributed by atoms with Gasteiger partial charge in [-0.25, -0.2) is 0 Å². The first kappa shape index (κ1) is 16.0. The number of hydrazine groups is 1. The summed E-state index contributed by atoms with van der Waals surface area (Å²) in [6.07, 6.45) is 2.62. The van der Waals surface area contributed by atoms with E-state index in [-0.39, 0.29) is 11.3 Å². The predicted molar refractivity (Wildman–Crippen MR) is 80.7 cm³/mol. The van der Waals surface area contributed by atoms with Gasteiger partial charge in [0.25, 0.3) is 5.91 Å². The maximum atomic E-state index is 12.4. The third-order valence-corrected chi connectivity index (χ3v) is 4.35. The normalized spacial score (nSPS) is 30.1. The Morgan fingerprint density at radius 3 is 2.58 bits per heavy atom. The number of hydrogen-bond donors (Lipinski definition) is 4. The fourth-order valence-corrected chi connectivity index (χ4v) is 3.21. The average Bonchev–Trinajstić information content (AvgIpc) is 3.06. The van der Waals surface area contributed by atoms with Gasteiger partial charge in [0.05, 0.1) is 23.2 Å². The van der Waals surface area contributed by atoms with Crippen molar-refractivity contribution in [1.82, 2.24) is 10.9 Å². The highest BCUT2D eigenvalue weighted by atomic mass is 16.5. The van der Waals surface area contributed by atoms with Crippen LogP contribution in [0.3, 0.4) is 0 Å². The molecule has 126 valence electrons. The highest BCUT2D eigenvalue weighted by molar-refractivity contribution is 5.98. The molecular formula is C16H16N2O6. The van der Waals surface area contributed by atoms with E-state index in [1.54, 1.807) is 31.2 Å². The molecule has 8 nitrogen and oxygen atoms in total. The number of carboxylic acid groups (broad SMARTS) is 1. The molecule has 2 heterocycles.